The molecule has 0 aromatic carbocycles. The summed E-state index contributed by atoms with van der Waals surface area (Å²) in [7, 11) is 1.83. The van der Waals surface area contributed by atoms with E-state index in [1.807, 2.05) is 27.8 Å². The molecule has 0 aliphatic rings. The van der Waals surface area contributed by atoms with Gasteiger partial charge in [-0.05, 0) is 18.9 Å². The standard InChI is InChI=1S/C13H18N4O2/c1-8(2)7-19-16-13(18)10-5-11-9(3)15-17(4)12(11)14-6-10/h5-6,8H,7H2,1-4H3,(H,16,18). The lowest BCUT2D eigenvalue weighted by Crippen LogP contribution is -2.25. The molecule has 102 valence electrons. The van der Waals surface area contributed by atoms with E-state index in [1.165, 1.54) is 6.20 Å². The average Bonchev–Trinajstić information content (AvgIpc) is 2.64. The molecule has 0 unspecified atom stereocenters. The maximum absolute atomic E-state index is 11.9. The lowest BCUT2D eigenvalue weighted by molar-refractivity contribution is 0.0208. The molecule has 0 bridgehead atoms. The van der Waals surface area contributed by atoms with E-state index in [4.69, 9.17) is 4.84 Å². The molecule has 2 heterocycles. The third-order valence-electron chi connectivity index (χ3n) is 2.71. The zero-order chi connectivity index (χ0) is 14.0. The summed E-state index contributed by atoms with van der Waals surface area (Å²) in [6, 6.07) is 1.78. The minimum absolute atomic E-state index is 0.293. The monoisotopic (exact) mass is 262 g/mol. The van der Waals surface area contributed by atoms with Crippen molar-refractivity contribution in [2.45, 2.75) is 20.8 Å². The quantitative estimate of drug-likeness (QED) is 0.850. The minimum atomic E-state index is -0.293. The predicted molar refractivity (Wildman–Crippen MR) is 71.5 cm³/mol. The first-order valence-corrected chi connectivity index (χ1v) is 6.20. The maximum atomic E-state index is 11.9. The molecule has 2 aromatic rings. The number of nitrogens with one attached hydrogen (secondary N) is 1. The van der Waals surface area contributed by atoms with Crippen molar-refractivity contribution >= 4 is 16.9 Å². The number of amides is 1. The Kier molecular flexibility index (Phi) is 3.80. The first kappa shape index (κ1) is 13.5. The molecule has 6 heteroatoms. The van der Waals surface area contributed by atoms with Gasteiger partial charge in [-0.25, -0.2) is 10.5 Å². The molecule has 2 aromatic heterocycles. The van der Waals surface area contributed by atoms with Crippen LogP contribution in [0.3, 0.4) is 0 Å². The molecule has 2 rings (SSSR count). The Balaban J connectivity index is 2.16. The summed E-state index contributed by atoms with van der Waals surface area (Å²) >= 11 is 0. The van der Waals surface area contributed by atoms with Crippen LogP contribution < -0.4 is 5.48 Å². The number of carbonyl (C=O) groups is 1. The van der Waals surface area contributed by atoms with Gasteiger partial charge in [0.05, 0.1) is 17.9 Å². The van der Waals surface area contributed by atoms with E-state index in [0.717, 1.165) is 16.7 Å². The molecule has 0 aliphatic carbocycles. The first-order valence-electron chi connectivity index (χ1n) is 6.20. The Morgan fingerprint density at radius 1 is 1.53 bits per heavy atom. The third-order valence-corrected chi connectivity index (χ3v) is 2.71. The van der Waals surface area contributed by atoms with Gasteiger partial charge < -0.3 is 0 Å². The fraction of sp³-hybridized carbons (Fsp3) is 0.462. The lowest BCUT2D eigenvalue weighted by Gasteiger charge is -2.07. The summed E-state index contributed by atoms with van der Waals surface area (Å²) in [5, 5.41) is 5.14. The lowest BCUT2D eigenvalue weighted by atomic mass is 10.2. The highest BCUT2D eigenvalue weighted by molar-refractivity contribution is 5.96. The van der Waals surface area contributed by atoms with Crippen LogP contribution in [-0.4, -0.2) is 27.3 Å². The van der Waals surface area contributed by atoms with E-state index >= 15 is 0 Å². The highest BCUT2D eigenvalue weighted by Gasteiger charge is 2.11. The fourth-order valence-corrected chi connectivity index (χ4v) is 1.76. The van der Waals surface area contributed by atoms with Gasteiger partial charge in [0.1, 0.15) is 0 Å². The zero-order valence-electron chi connectivity index (χ0n) is 11.6. The number of rotatable bonds is 4. The van der Waals surface area contributed by atoms with Crippen LogP contribution in [0, 0.1) is 12.8 Å². The van der Waals surface area contributed by atoms with Crippen LogP contribution in [0.25, 0.3) is 11.0 Å². The van der Waals surface area contributed by atoms with Crippen LogP contribution in [0.2, 0.25) is 0 Å². The van der Waals surface area contributed by atoms with Crippen molar-refractivity contribution in [1.82, 2.24) is 20.2 Å². The normalized spacial score (nSPS) is 11.2. The highest BCUT2D eigenvalue weighted by Crippen LogP contribution is 2.16. The van der Waals surface area contributed by atoms with Gasteiger partial charge in [-0.15, -0.1) is 0 Å². The first-order chi connectivity index (χ1) is 8.99. The topological polar surface area (TPSA) is 69.0 Å². The van der Waals surface area contributed by atoms with Crippen molar-refractivity contribution in [2.75, 3.05) is 6.61 Å². The summed E-state index contributed by atoms with van der Waals surface area (Å²) in [4.78, 5) is 21.2. The van der Waals surface area contributed by atoms with Gasteiger partial charge in [0.15, 0.2) is 5.65 Å². The molecule has 0 saturated heterocycles. The number of carbonyl (C=O) groups excluding carboxylic acids is 1. The van der Waals surface area contributed by atoms with Crippen LogP contribution in [-0.2, 0) is 11.9 Å². The predicted octanol–water partition coefficient (Wildman–Crippen LogP) is 1.59. The van der Waals surface area contributed by atoms with Gasteiger partial charge in [-0.2, -0.15) is 5.10 Å². The van der Waals surface area contributed by atoms with Gasteiger partial charge in [0.2, 0.25) is 0 Å². The Labute approximate surface area is 111 Å². The van der Waals surface area contributed by atoms with E-state index < -0.39 is 0 Å². The summed E-state index contributed by atoms with van der Waals surface area (Å²) < 4.78 is 1.70. The minimum Gasteiger partial charge on any atom is -0.273 e. The molecule has 1 amide bonds. The van der Waals surface area contributed by atoms with Crippen LogP contribution in [0.15, 0.2) is 12.3 Å². The van der Waals surface area contributed by atoms with Gasteiger partial charge in [-0.3, -0.25) is 14.3 Å². The Morgan fingerprint density at radius 3 is 2.95 bits per heavy atom. The van der Waals surface area contributed by atoms with Gasteiger partial charge in [0, 0.05) is 18.6 Å². The van der Waals surface area contributed by atoms with E-state index in [-0.39, 0.29) is 5.91 Å². The summed E-state index contributed by atoms with van der Waals surface area (Å²) in [5.74, 6) is 0.0692. The molecule has 19 heavy (non-hydrogen) atoms. The second-order valence-electron chi connectivity index (χ2n) is 4.94. The number of fused-ring (bicyclic) bond motifs is 1. The van der Waals surface area contributed by atoms with Crippen molar-refractivity contribution in [3.05, 3.63) is 23.5 Å². The van der Waals surface area contributed by atoms with Gasteiger partial charge >= 0.3 is 0 Å². The molecule has 6 nitrogen and oxygen atoms in total. The summed E-state index contributed by atoms with van der Waals surface area (Å²) in [6.45, 7) is 6.39. The number of aryl methyl sites for hydroxylation is 2. The van der Waals surface area contributed by atoms with Gasteiger partial charge in [0.25, 0.3) is 5.91 Å². The molecule has 0 aliphatic heterocycles. The third kappa shape index (κ3) is 2.90. The van der Waals surface area contributed by atoms with Crippen molar-refractivity contribution in [1.29, 1.82) is 0 Å². The number of nitrogens with zero attached hydrogens (tertiary/aromatic N) is 3. The summed E-state index contributed by atoms with van der Waals surface area (Å²) in [6.07, 6.45) is 1.53. The van der Waals surface area contributed by atoms with Crippen molar-refractivity contribution in [3.8, 4) is 0 Å². The van der Waals surface area contributed by atoms with E-state index in [9.17, 15) is 4.79 Å². The number of hydroxylamine groups is 1. The SMILES string of the molecule is Cc1nn(C)c2ncc(C(=O)NOCC(C)C)cc12. The van der Waals surface area contributed by atoms with Crippen LogP contribution in [0.5, 0.6) is 0 Å². The van der Waals surface area contributed by atoms with E-state index in [0.29, 0.717) is 18.1 Å². The largest absolute Gasteiger partial charge is 0.276 e. The maximum Gasteiger partial charge on any atom is 0.276 e. The van der Waals surface area contributed by atoms with Crippen LogP contribution in [0.4, 0.5) is 0 Å². The molecular formula is C13H18N4O2. The van der Waals surface area contributed by atoms with Crippen LogP contribution >= 0.6 is 0 Å². The smallest absolute Gasteiger partial charge is 0.273 e. The highest BCUT2D eigenvalue weighted by atomic mass is 16.6. The van der Waals surface area contributed by atoms with E-state index in [1.54, 1.807) is 10.7 Å². The Hall–Kier alpha value is -1.95. The Morgan fingerprint density at radius 2 is 2.26 bits per heavy atom. The van der Waals surface area contributed by atoms with Crippen molar-refractivity contribution < 1.29 is 9.63 Å². The molecule has 0 fully saturated rings. The van der Waals surface area contributed by atoms with Gasteiger partial charge in [-0.1, -0.05) is 13.8 Å². The fourth-order valence-electron chi connectivity index (χ4n) is 1.76. The van der Waals surface area contributed by atoms with Crippen LogP contribution in [0.1, 0.15) is 29.9 Å². The van der Waals surface area contributed by atoms with E-state index in [2.05, 4.69) is 15.6 Å². The molecule has 0 atom stereocenters. The number of hydrogen-bond acceptors (Lipinski definition) is 4. The second kappa shape index (κ2) is 5.36. The van der Waals surface area contributed by atoms with Crippen molar-refractivity contribution in [3.63, 3.8) is 0 Å². The number of hydrogen-bond donors (Lipinski definition) is 1. The number of pyridine rings is 1. The average molecular weight is 262 g/mol. The molecular weight excluding hydrogens is 244 g/mol. The second-order valence-corrected chi connectivity index (χ2v) is 4.94. The van der Waals surface area contributed by atoms with Crippen molar-refractivity contribution in [2.24, 2.45) is 13.0 Å². The molecule has 0 radical (unpaired) electrons. The summed E-state index contributed by atoms with van der Waals surface area (Å²) in [5.41, 5.74) is 4.49. The Bertz CT molecular complexity index is 604. The number of aromatic nitrogens is 3. The zero-order valence-corrected chi connectivity index (χ0v) is 11.6. The molecule has 0 saturated carbocycles. The molecule has 1 N–H and O–H groups in total. The molecule has 0 spiro atoms.